The second-order valence-corrected chi connectivity index (χ2v) is 5.43. The second kappa shape index (κ2) is 33.0. The normalized spacial score (nSPS) is 10.9. The van der Waals surface area contributed by atoms with Gasteiger partial charge in [0.05, 0.1) is 7.11 Å². The zero-order valence-electron chi connectivity index (χ0n) is 23.0. The van der Waals surface area contributed by atoms with Crippen molar-refractivity contribution in [3.8, 4) is 5.75 Å². The van der Waals surface area contributed by atoms with Crippen LogP contribution in [0.5, 0.6) is 5.75 Å². The van der Waals surface area contributed by atoms with Gasteiger partial charge in [0, 0.05) is 51.1 Å². The van der Waals surface area contributed by atoms with Gasteiger partial charge in [-0.3, -0.25) is 0 Å². The molecule has 1 aliphatic rings. The number of hydrogen-bond acceptors (Lipinski definition) is 4. The molecule has 0 unspecified atom stereocenters. The summed E-state index contributed by atoms with van der Waals surface area (Å²) in [7, 11) is 4.88. The molecule has 1 heterocycles. The van der Waals surface area contributed by atoms with Crippen LogP contribution in [0.1, 0.15) is 62.8 Å². The predicted molar refractivity (Wildman–Crippen MR) is 149 cm³/mol. The molecular formula is C28H54F2N2O2. The number of nitrogens with zero attached hydrogens (tertiary/aromatic N) is 2. The number of ether oxygens (including phenoxy) is 1. The molecule has 0 aromatic heterocycles. The summed E-state index contributed by atoms with van der Waals surface area (Å²) in [5.41, 5.74) is 1.27. The molecule has 0 bridgehead atoms. The molecule has 0 amide bonds. The Hall–Kier alpha value is -2.18. The van der Waals surface area contributed by atoms with Gasteiger partial charge in [0.15, 0.2) is 0 Å². The van der Waals surface area contributed by atoms with Crippen LogP contribution in [0.3, 0.4) is 0 Å². The number of anilines is 1. The van der Waals surface area contributed by atoms with E-state index in [2.05, 4.69) is 29.0 Å². The first kappa shape index (κ1) is 42.0. The van der Waals surface area contributed by atoms with Crippen molar-refractivity contribution in [1.29, 1.82) is 0 Å². The number of piperazine rings is 1. The molecule has 34 heavy (non-hydrogen) atoms. The molecule has 1 N–H and O–H groups in total. The molecule has 0 radical (unpaired) electrons. The van der Waals surface area contributed by atoms with E-state index in [1.807, 2.05) is 67.5 Å². The molecule has 3 rings (SSSR count). The Kier molecular flexibility index (Phi) is 40.8. The summed E-state index contributed by atoms with van der Waals surface area (Å²) in [4.78, 5) is 4.76. The molecule has 202 valence electrons. The molecule has 1 aliphatic heterocycles. The van der Waals surface area contributed by atoms with E-state index < -0.39 is 11.6 Å². The second-order valence-electron chi connectivity index (χ2n) is 5.43. The van der Waals surface area contributed by atoms with Crippen molar-refractivity contribution in [3.63, 3.8) is 0 Å². The molecule has 0 atom stereocenters. The summed E-state index contributed by atoms with van der Waals surface area (Å²) < 4.78 is 29.1. The van der Waals surface area contributed by atoms with E-state index in [1.54, 1.807) is 7.11 Å². The molecule has 1 saturated heterocycles. The maximum absolute atomic E-state index is 11.9. The number of aliphatic hydroxyl groups is 1. The lowest BCUT2D eigenvalue weighted by Gasteiger charge is -2.34. The van der Waals surface area contributed by atoms with Gasteiger partial charge in [0.1, 0.15) is 17.4 Å². The average Bonchev–Trinajstić information content (AvgIpc) is 2.91. The first-order valence-electron chi connectivity index (χ1n) is 12.0. The quantitative estimate of drug-likeness (QED) is 0.468. The van der Waals surface area contributed by atoms with Gasteiger partial charge in [-0.05, 0) is 31.3 Å². The van der Waals surface area contributed by atoms with Crippen LogP contribution in [0.2, 0.25) is 0 Å². The van der Waals surface area contributed by atoms with Gasteiger partial charge in [-0.2, -0.15) is 0 Å². The first-order valence-corrected chi connectivity index (χ1v) is 12.0. The molecule has 0 saturated carbocycles. The van der Waals surface area contributed by atoms with Crippen molar-refractivity contribution in [3.05, 3.63) is 60.2 Å². The van der Waals surface area contributed by atoms with Crippen LogP contribution in [0.15, 0.2) is 48.5 Å². The monoisotopic (exact) mass is 488 g/mol. The Morgan fingerprint density at radius 1 is 0.706 bits per heavy atom. The van der Waals surface area contributed by atoms with Crippen molar-refractivity contribution in [2.45, 2.75) is 62.8 Å². The maximum Gasteiger partial charge on any atom is 0.126 e. The number of hydrogen-bond donors (Lipinski definition) is 1. The van der Waals surface area contributed by atoms with Gasteiger partial charge in [-0.15, -0.1) is 0 Å². The van der Waals surface area contributed by atoms with Crippen LogP contribution < -0.4 is 9.64 Å². The minimum Gasteiger partial charge on any atom is -0.497 e. The Bertz CT molecular complexity index is 604. The molecular weight excluding hydrogens is 434 g/mol. The fourth-order valence-corrected chi connectivity index (χ4v) is 2.33. The number of rotatable bonds is 2. The number of aliphatic hydroxyl groups excluding tert-OH is 1. The van der Waals surface area contributed by atoms with E-state index in [0.717, 1.165) is 45.1 Å². The SMILES string of the molecule is C.CC.CC.CC.CC.CO.COc1cccc(N2CCN(C)CC2)c1.Fc1cccc(F)c1. The maximum atomic E-state index is 11.9. The average molecular weight is 489 g/mol. The minimum atomic E-state index is -0.537. The number of benzene rings is 2. The fourth-order valence-electron chi connectivity index (χ4n) is 2.33. The van der Waals surface area contributed by atoms with Crippen LogP contribution in [0.4, 0.5) is 14.5 Å². The zero-order valence-corrected chi connectivity index (χ0v) is 23.0. The molecule has 2 aromatic carbocycles. The van der Waals surface area contributed by atoms with Gasteiger partial charge in [0.2, 0.25) is 0 Å². The smallest absolute Gasteiger partial charge is 0.126 e. The van der Waals surface area contributed by atoms with Crippen molar-refractivity contribution in [2.75, 3.05) is 52.3 Å². The van der Waals surface area contributed by atoms with Crippen LogP contribution in [-0.2, 0) is 0 Å². The molecule has 2 aromatic rings. The van der Waals surface area contributed by atoms with Gasteiger partial charge >= 0.3 is 0 Å². The van der Waals surface area contributed by atoms with Gasteiger partial charge in [-0.25, -0.2) is 8.78 Å². The third kappa shape index (κ3) is 21.7. The minimum absolute atomic E-state index is 0. The molecule has 6 heteroatoms. The summed E-state index contributed by atoms with van der Waals surface area (Å²) in [6.07, 6.45) is 0. The number of halogens is 2. The number of methoxy groups -OCH3 is 1. The highest BCUT2D eigenvalue weighted by atomic mass is 19.1. The lowest BCUT2D eigenvalue weighted by Crippen LogP contribution is -2.44. The van der Waals surface area contributed by atoms with E-state index in [1.165, 1.54) is 23.9 Å². The van der Waals surface area contributed by atoms with Crippen molar-refractivity contribution < 1.29 is 18.6 Å². The van der Waals surface area contributed by atoms with Gasteiger partial charge in [0.25, 0.3) is 0 Å². The van der Waals surface area contributed by atoms with Gasteiger partial charge in [-0.1, -0.05) is 74.9 Å². The summed E-state index contributed by atoms with van der Waals surface area (Å²) >= 11 is 0. The largest absolute Gasteiger partial charge is 0.497 e. The predicted octanol–water partition coefficient (Wildman–Crippen LogP) is 7.76. The third-order valence-electron chi connectivity index (χ3n) is 3.71. The molecule has 0 aliphatic carbocycles. The lowest BCUT2D eigenvalue weighted by atomic mass is 10.2. The highest BCUT2D eigenvalue weighted by Gasteiger charge is 2.14. The summed E-state index contributed by atoms with van der Waals surface area (Å²) in [5, 5.41) is 7.00. The summed E-state index contributed by atoms with van der Waals surface area (Å²) in [6, 6.07) is 12.8. The van der Waals surface area contributed by atoms with E-state index >= 15 is 0 Å². The van der Waals surface area contributed by atoms with Crippen LogP contribution in [-0.4, -0.2) is 57.5 Å². The summed E-state index contributed by atoms with van der Waals surface area (Å²) in [5.74, 6) is -0.138. The molecule has 0 spiro atoms. The van der Waals surface area contributed by atoms with Crippen molar-refractivity contribution in [2.24, 2.45) is 0 Å². The Balaban J connectivity index is -0.000000126. The van der Waals surface area contributed by atoms with Crippen molar-refractivity contribution in [1.82, 2.24) is 4.90 Å². The molecule has 1 fully saturated rings. The Morgan fingerprint density at radius 3 is 1.47 bits per heavy atom. The Labute approximate surface area is 210 Å². The van der Waals surface area contributed by atoms with Crippen LogP contribution in [0, 0.1) is 11.6 Å². The Morgan fingerprint density at radius 2 is 1.12 bits per heavy atom. The fraction of sp³-hybridized carbons (Fsp3) is 0.571. The van der Waals surface area contributed by atoms with Gasteiger partial charge < -0.3 is 19.6 Å². The third-order valence-corrected chi connectivity index (χ3v) is 3.71. The van der Waals surface area contributed by atoms with Crippen LogP contribution >= 0.6 is 0 Å². The van der Waals surface area contributed by atoms with Crippen molar-refractivity contribution >= 4 is 5.69 Å². The van der Waals surface area contributed by atoms with E-state index in [9.17, 15) is 8.78 Å². The van der Waals surface area contributed by atoms with E-state index in [0.29, 0.717) is 0 Å². The topological polar surface area (TPSA) is 35.9 Å². The standard InChI is InChI=1S/C12H18N2O.C6H4F2.4C2H6.CH4O.CH4/c1-13-6-8-14(9-7-13)11-4-3-5-12(10-11)15-2;7-5-2-1-3-6(8)4-5;5*1-2;/h3-5,10H,6-9H2,1-2H3;1-4H;4*1-2H3;2H,1H3;1H4. The first-order chi connectivity index (χ1) is 16.1. The van der Waals surface area contributed by atoms with E-state index in [4.69, 9.17) is 9.84 Å². The van der Waals surface area contributed by atoms with E-state index in [-0.39, 0.29) is 7.43 Å². The molecule has 4 nitrogen and oxygen atoms in total. The number of likely N-dealkylation sites (N-methyl/N-ethyl adjacent to an activating group) is 1. The lowest BCUT2D eigenvalue weighted by molar-refractivity contribution is 0.312. The highest BCUT2D eigenvalue weighted by molar-refractivity contribution is 5.51. The highest BCUT2D eigenvalue weighted by Crippen LogP contribution is 2.21. The zero-order chi connectivity index (χ0) is 26.7. The summed E-state index contributed by atoms with van der Waals surface area (Å²) in [6.45, 7) is 20.5. The van der Waals surface area contributed by atoms with Crippen LogP contribution in [0.25, 0.3) is 0 Å².